The van der Waals surface area contributed by atoms with Gasteiger partial charge in [0, 0.05) is 43.0 Å². The number of carboxylic acids is 1. The topological polar surface area (TPSA) is 472 Å². The number of carboxylic acid groups (broad SMARTS) is 1. The molecule has 3 aromatic rings. The molecule has 0 fully saturated rings. The number of aromatic hydroxyl groups is 1. The molecule has 1 aromatic carbocycles. The second-order valence-corrected chi connectivity index (χ2v) is 21.8. The van der Waals surface area contributed by atoms with Crippen LogP contribution in [0.15, 0.2) is 49.3 Å². The third kappa shape index (κ3) is 24.1. The Morgan fingerprint density at radius 1 is 0.500 bits per heavy atom. The van der Waals surface area contributed by atoms with Crippen molar-refractivity contribution < 1.29 is 73.2 Å². The second kappa shape index (κ2) is 34.2. The largest absolute Gasteiger partial charge is 0.508 e. The summed E-state index contributed by atoms with van der Waals surface area (Å²) in [6, 6.07) is -7.86. The first-order valence-corrected chi connectivity index (χ1v) is 27.5. The Bertz CT molecular complexity index is 2670. The first-order chi connectivity index (χ1) is 39.5. The Hall–Kier alpha value is -8.51. The number of hydrogen-bond acceptors (Lipinski definition) is 17. The van der Waals surface area contributed by atoms with E-state index in [1.165, 1.54) is 63.2 Å². The normalized spacial score (nSPS) is 15.2. The van der Waals surface area contributed by atoms with Gasteiger partial charge in [-0.2, -0.15) is 0 Å². The number of aliphatic carboxylic acids is 1. The van der Waals surface area contributed by atoms with Crippen molar-refractivity contribution in [1.29, 1.82) is 0 Å². The molecule has 0 saturated heterocycles. The van der Waals surface area contributed by atoms with Gasteiger partial charge in [0.1, 0.15) is 54.1 Å². The van der Waals surface area contributed by atoms with Crippen molar-refractivity contribution >= 4 is 65.0 Å². The number of benzene rings is 1. The summed E-state index contributed by atoms with van der Waals surface area (Å²) >= 11 is 0. The third-order valence-corrected chi connectivity index (χ3v) is 12.8. The number of hydrogen-bond donors (Lipinski definition) is 17. The maximum atomic E-state index is 14.3. The Balaban J connectivity index is 1.73. The summed E-state index contributed by atoms with van der Waals surface area (Å²) in [5.74, 6) is -10.7. The number of amides is 10. The lowest BCUT2D eigenvalue weighted by molar-refractivity contribution is -0.145. The average Bonchev–Trinajstić information content (AvgIpc) is 4.29. The number of H-pyrrole nitrogens is 2. The Morgan fingerprint density at radius 3 is 1.36 bits per heavy atom. The summed E-state index contributed by atoms with van der Waals surface area (Å²) in [6.07, 6.45) is 4.07. The van der Waals surface area contributed by atoms with Gasteiger partial charge in [0.05, 0.1) is 38.0 Å². The highest BCUT2D eigenvalue weighted by molar-refractivity contribution is 5.98. The van der Waals surface area contributed by atoms with Gasteiger partial charge in [-0.1, -0.05) is 53.7 Å². The molecule has 0 aliphatic carbocycles. The number of carbonyl (C=O) groups excluding carboxylic acids is 10. The lowest BCUT2D eigenvalue weighted by Crippen LogP contribution is -2.60. The first kappa shape index (κ1) is 69.8. The van der Waals surface area contributed by atoms with Crippen molar-refractivity contribution in [1.82, 2.24) is 73.1 Å². The van der Waals surface area contributed by atoms with Gasteiger partial charge in [-0.15, -0.1) is 0 Å². The summed E-state index contributed by atoms with van der Waals surface area (Å²) < 4.78 is 0. The van der Waals surface area contributed by atoms with E-state index in [0.717, 1.165) is 6.92 Å². The highest BCUT2D eigenvalue weighted by Crippen LogP contribution is 2.14. The predicted octanol–water partition coefficient (Wildman–Crippen LogP) is -3.69. The number of aliphatic hydroxyl groups is 2. The van der Waals surface area contributed by atoms with Crippen LogP contribution in [-0.4, -0.2) is 185 Å². The van der Waals surface area contributed by atoms with Crippen LogP contribution in [0.2, 0.25) is 0 Å². The Kier molecular flexibility index (Phi) is 28.4. The van der Waals surface area contributed by atoms with E-state index in [1.54, 1.807) is 41.5 Å². The molecule has 0 saturated carbocycles. The number of aromatic amines is 2. The van der Waals surface area contributed by atoms with E-state index < -0.39 is 145 Å². The van der Waals surface area contributed by atoms with Crippen LogP contribution in [-0.2, 0) is 72.0 Å². The molecule has 2 heterocycles. The molecule has 0 aliphatic heterocycles. The standard InChI is InChI=1S/C54H83N15O15/c1-26(2)14-37(48(77)58-22-43(73)61-29(7)45(74)63-38(15-27(3)4)49(78)66-39(16-28(5)6)50(79)68-42(23-70)53(82)69-44(31(9)71)54(83)84)65-51(80)40(17-32-10-12-35(72)13-11-32)67-52(81)41(19-34-21-57-25-60-34)64-46(75)30(8)62-47(76)36(55)18-33-20-56-24-59-33/h10-13,20-21,24-31,36-42,44,70-72H,14-19,22-23,55H2,1-9H3,(H,56,59)(H,57,60)(H,58,77)(H,61,73)(H,62,76)(H,63,74)(H,64,75)(H,65,80)(H,66,78)(H,67,81)(H,68,79)(H,69,82)(H,83,84)/t29-,30-,31+,36-,37-,38-,39-,40-,41-,42-,44-/m0/s1. The minimum absolute atomic E-state index is 0.0202. The van der Waals surface area contributed by atoms with Gasteiger partial charge in [-0.25, -0.2) is 14.8 Å². The summed E-state index contributed by atoms with van der Waals surface area (Å²) in [7, 11) is 0. The van der Waals surface area contributed by atoms with Crippen LogP contribution in [0.3, 0.4) is 0 Å². The van der Waals surface area contributed by atoms with Crippen molar-refractivity contribution in [2.24, 2.45) is 23.5 Å². The number of nitrogens with two attached hydrogens (primary N) is 1. The molecular formula is C54H83N15O15. The summed E-state index contributed by atoms with van der Waals surface area (Å²) in [5.41, 5.74) is 7.55. The highest BCUT2D eigenvalue weighted by Gasteiger charge is 2.35. The van der Waals surface area contributed by atoms with Crippen LogP contribution in [0.1, 0.15) is 98.5 Å². The molecule has 0 spiro atoms. The fourth-order valence-corrected chi connectivity index (χ4v) is 8.29. The molecule has 0 aliphatic rings. The number of phenolic OH excluding ortho intramolecular Hbond substituents is 1. The molecule has 3 rings (SSSR count). The fraction of sp³-hybridized carbons (Fsp3) is 0.574. The van der Waals surface area contributed by atoms with Gasteiger partial charge < -0.3 is 89.3 Å². The van der Waals surface area contributed by atoms with Crippen molar-refractivity contribution in [2.45, 2.75) is 167 Å². The van der Waals surface area contributed by atoms with E-state index in [9.17, 15) is 73.2 Å². The van der Waals surface area contributed by atoms with Crippen LogP contribution in [0, 0.1) is 17.8 Å². The minimum atomic E-state index is -1.76. The zero-order chi connectivity index (χ0) is 63.0. The molecule has 11 atom stereocenters. The smallest absolute Gasteiger partial charge is 0.328 e. The lowest BCUT2D eigenvalue weighted by Gasteiger charge is -2.27. The minimum Gasteiger partial charge on any atom is -0.508 e. The molecule has 30 nitrogen and oxygen atoms in total. The third-order valence-electron chi connectivity index (χ3n) is 12.8. The van der Waals surface area contributed by atoms with Gasteiger partial charge >= 0.3 is 5.97 Å². The number of nitrogens with zero attached hydrogens (tertiary/aromatic N) is 2. The van der Waals surface area contributed by atoms with Crippen LogP contribution in [0.5, 0.6) is 5.75 Å². The quantitative estimate of drug-likeness (QED) is 0.0270. The second-order valence-electron chi connectivity index (χ2n) is 21.8. The van der Waals surface area contributed by atoms with Crippen LogP contribution < -0.4 is 58.9 Å². The maximum Gasteiger partial charge on any atom is 0.328 e. The number of imidazole rings is 2. The zero-order valence-electron chi connectivity index (χ0n) is 48.6. The molecule has 30 heteroatoms. The molecular weight excluding hydrogens is 1100 g/mol. The van der Waals surface area contributed by atoms with Gasteiger partial charge in [-0.3, -0.25) is 47.9 Å². The van der Waals surface area contributed by atoms with Crippen molar-refractivity contribution in [2.75, 3.05) is 13.2 Å². The molecule has 10 amide bonds. The van der Waals surface area contributed by atoms with Crippen LogP contribution >= 0.6 is 0 Å². The van der Waals surface area contributed by atoms with Crippen LogP contribution in [0.4, 0.5) is 0 Å². The fourth-order valence-electron chi connectivity index (χ4n) is 8.29. The van der Waals surface area contributed by atoms with Crippen LogP contribution in [0.25, 0.3) is 0 Å². The molecule has 464 valence electrons. The number of aliphatic hydroxyl groups excluding tert-OH is 2. The molecule has 0 unspecified atom stereocenters. The maximum absolute atomic E-state index is 14.3. The first-order valence-electron chi connectivity index (χ1n) is 27.5. The van der Waals surface area contributed by atoms with Gasteiger partial charge in [0.15, 0.2) is 6.04 Å². The number of rotatable bonds is 35. The summed E-state index contributed by atoms with van der Waals surface area (Å²) in [4.78, 5) is 161. The number of phenols is 1. The molecule has 0 radical (unpaired) electrons. The van der Waals surface area contributed by atoms with E-state index >= 15 is 0 Å². The van der Waals surface area contributed by atoms with Gasteiger partial charge in [0.25, 0.3) is 0 Å². The van der Waals surface area contributed by atoms with Gasteiger partial charge in [-0.05, 0) is 75.5 Å². The SMILES string of the molecule is CC(C)C[C@H](NC(=O)[C@H](C)NC(=O)CNC(=O)[C@H](CC(C)C)NC(=O)[C@H](Cc1ccc(O)cc1)NC(=O)[C@H](Cc1cnc[nH]1)NC(=O)[C@H](C)NC(=O)[C@@H](N)Cc1cnc[nH]1)C(=O)N[C@@H](CC(C)C)C(=O)N[C@@H](CO)C(=O)N[C@H](C(=O)O)[C@@H](C)O. The van der Waals surface area contributed by atoms with Crippen molar-refractivity contribution in [3.8, 4) is 5.75 Å². The molecule has 2 aromatic heterocycles. The Morgan fingerprint density at radius 2 is 0.905 bits per heavy atom. The number of aromatic nitrogens is 4. The van der Waals surface area contributed by atoms with E-state index in [4.69, 9.17) is 5.73 Å². The van der Waals surface area contributed by atoms with E-state index in [-0.39, 0.29) is 62.0 Å². The van der Waals surface area contributed by atoms with Crippen molar-refractivity contribution in [3.05, 3.63) is 66.3 Å². The van der Waals surface area contributed by atoms with Crippen molar-refractivity contribution in [3.63, 3.8) is 0 Å². The van der Waals surface area contributed by atoms with E-state index in [1.807, 2.05) is 5.32 Å². The highest BCUT2D eigenvalue weighted by atomic mass is 16.4. The zero-order valence-corrected chi connectivity index (χ0v) is 48.6. The monoisotopic (exact) mass is 1180 g/mol. The van der Waals surface area contributed by atoms with E-state index in [0.29, 0.717) is 17.0 Å². The van der Waals surface area contributed by atoms with E-state index in [2.05, 4.69) is 67.8 Å². The lowest BCUT2D eigenvalue weighted by atomic mass is 9.99. The predicted molar refractivity (Wildman–Crippen MR) is 301 cm³/mol. The van der Waals surface area contributed by atoms with Gasteiger partial charge in [0.2, 0.25) is 59.1 Å². The average molecular weight is 1180 g/mol. The number of nitrogens with one attached hydrogen (secondary N) is 12. The number of carbonyl (C=O) groups is 11. The molecule has 0 bridgehead atoms. The summed E-state index contributed by atoms with van der Waals surface area (Å²) in [6.45, 7) is 12.7. The Labute approximate surface area is 486 Å². The molecule has 84 heavy (non-hydrogen) atoms. The molecule has 18 N–H and O–H groups in total. The summed E-state index contributed by atoms with van der Waals surface area (Å²) in [5, 5.41) is 63.9.